The average Bonchev–Trinajstić information content (AvgIpc) is 3.31. The molecule has 4 rings (SSSR count). The van der Waals surface area contributed by atoms with E-state index in [2.05, 4.69) is 10.3 Å². The summed E-state index contributed by atoms with van der Waals surface area (Å²) in [4.78, 5) is 31.1. The Hall–Kier alpha value is -2.98. The van der Waals surface area contributed by atoms with Crippen LogP contribution in [0.1, 0.15) is 31.2 Å². The minimum absolute atomic E-state index is 0.189. The SMILES string of the molecule is Cc1ccc(S(=O)(=O)N2CCC[C@H]2C(=O)Nc2ccc(N3CCCC(C(N)=O)C3)nc2)cc1. The number of rotatable bonds is 6. The molecule has 176 valence electrons. The molecular weight excluding hydrogens is 442 g/mol. The number of carbonyl (C=O) groups is 2. The summed E-state index contributed by atoms with van der Waals surface area (Å²) in [6, 6.07) is 9.40. The van der Waals surface area contributed by atoms with E-state index in [0.717, 1.165) is 24.9 Å². The van der Waals surface area contributed by atoms with Gasteiger partial charge in [-0.15, -0.1) is 0 Å². The van der Waals surface area contributed by atoms with Crippen LogP contribution in [0.25, 0.3) is 0 Å². The topological polar surface area (TPSA) is 126 Å². The summed E-state index contributed by atoms with van der Waals surface area (Å²) in [5.74, 6) is -0.151. The minimum atomic E-state index is -3.76. The predicted octanol–water partition coefficient (Wildman–Crippen LogP) is 1.88. The van der Waals surface area contributed by atoms with Gasteiger partial charge in [0.05, 0.1) is 22.7 Å². The molecule has 0 radical (unpaired) electrons. The van der Waals surface area contributed by atoms with Gasteiger partial charge in [0.2, 0.25) is 21.8 Å². The Balaban J connectivity index is 1.43. The van der Waals surface area contributed by atoms with E-state index in [9.17, 15) is 18.0 Å². The van der Waals surface area contributed by atoms with Crippen molar-refractivity contribution in [2.24, 2.45) is 11.7 Å². The molecular formula is C23H29N5O4S. The number of nitrogens with two attached hydrogens (primary N) is 1. The smallest absolute Gasteiger partial charge is 0.243 e. The largest absolute Gasteiger partial charge is 0.369 e. The van der Waals surface area contributed by atoms with Crippen molar-refractivity contribution in [3.05, 3.63) is 48.2 Å². The molecule has 0 aliphatic carbocycles. The molecule has 2 atom stereocenters. The summed E-state index contributed by atoms with van der Waals surface area (Å²) in [6.45, 7) is 3.52. The van der Waals surface area contributed by atoms with Crippen LogP contribution < -0.4 is 16.0 Å². The molecule has 2 saturated heterocycles. The van der Waals surface area contributed by atoms with E-state index in [1.54, 1.807) is 42.6 Å². The van der Waals surface area contributed by atoms with Gasteiger partial charge in [0.1, 0.15) is 11.9 Å². The summed E-state index contributed by atoms with van der Waals surface area (Å²) >= 11 is 0. The van der Waals surface area contributed by atoms with Crippen molar-refractivity contribution in [2.45, 2.75) is 43.5 Å². The van der Waals surface area contributed by atoms with Crippen molar-refractivity contribution in [1.82, 2.24) is 9.29 Å². The van der Waals surface area contributed by atoms with Crippen LogP contribution in [-0.4, -0.2) is 55.2 Å². The fourth-order valence-electron chi connectivity index (χ4n) is 4.43. The number of nitrogens with zero attached hydrogens (tertiary/aromatic N) is 3. The van der Waals surface area contributed by atoms with Crippen LogP contribution in [-0.2, 0) is 19.6 Å². The lowest BCUT2D eigenvalue weighted by atomic mass is 9.97. The molecule has 0 spiro atoms. The number of carbonyl (C=O) groups excluding carboxylic acids is 2. The zero-order valence-corrected chi connectivity index (χ0v) is 19.4. The number of hydrogen-bond acceptors (Lipinski definition) is 6. The fourth-order valence-corrected chi connectivity index (χ4v) is 6.08. The molecule has 1 aromatic carbocycles. The molecule has 2 fully saturated rings. The van der Waals surface area contributed by atoms with Gasteiger partial charge in [0.15, 0.2) is 0 Å². The van der Waals surface area contributed by atoms with Crippen molar-refractivity contribution in [1.29, 1.82) is 0 Å². The van der Waals surface area contributed by atoms with E-state index < -0.39 is 16.1 Å². The number of primary amides is 1. The summed E-state index contributed by atoms with van der Waals surface area (Å²) in [5.41, 5.74) is 6.91. The van der Waals surface area contributed by atoms with Gasteiger partial charge in [-0.2, -0.15) is 4.31 Å². The number of aromatic nitrogens is 1. The van der Waals surface area contributed by atoms with Crippen LogP contribution in [0.2, 0.25) is 0 Å². The normalized spacial score (nSPS) is 21.7. The number of anilines is 2. The Morgan fingerprint density at radius 3 is 2.45 bits per heavy atom. The van der Waals surface area contributed by atoms with Gasteiger partial charge < -0.3 is 16.0 Å². The lowest BCUT2D eigenvalue weighted by molar-refractivity contribution is -0.122. The first-order valence-electron chi connectivity index (χ1n) is 11.2. The summed E-state index contributed by atoms with van der Waals surface area (Å²) < 4.78 is 27.5. The number of sulfonamides is 1. The number of hydrogen-bond donors (Lipinski definition) is 2. The van der Waals surface area contributed by atoms with Crippen molar-refractivity contribution >= 4 is 33.3 Å². The lowest BCUT2D eigenvalue weighted by Gasteiger charge is -2.32. The summed E-state index contributed by atoms with van der Waals surface area (Å²) in [5, 5.41) is 2.80. The van der Waals surface area contributed by atoms with Gasteiger partial charge in [-0.25, -0.2) is 13.4 Å². The molecule has 3 N–H and O–H groups in total. The third kappa shape index (κ3) is 5.01. The van der Waals surface area contributed by atoms with Crippen molar-refractivity contribution in [3.8, 4) is 0 Å². The standard InChI is InChI=1S/C23H29N5O4S/c1-16-6-9-19(10-7-16)33(31,32)28-13-3-5-20(28)23(30)26-18-8-11-21(25-14-18)27-12-2-4-17(15-27)22(24)29/h6-11,14,17,20H,2-5,12-13,15H2,1H3,(H2,24,29)(H,26,30)/t17?,20-/m0/s1. The minimum Gasteiger partial charge on any atom is -0.369 e. The zero-order valence-electron chi connectivity index (χ0n) is 18.6. The Morgan fingerprint density at radius 2 is 1.79 bits per heavy atom. The predicted molar refractivity (Wildman–Crippen MR) is 125 cm³/mol. The van der Waals surface area contributed by atoms with Crippen molar-refractivity contribution < 1.29 is 18.0 Å². The molecule has 9 nitrogen and oxygen atoms in total. The monoisotopic (exact) mass is 471 g/mol. The maximum Gasteiger partial charge on any atom is 0.243 e. The molecule has 2 aliphatic heterocycles. The third-order valence-electron chi connectivity index (χ3n) is 6.30. The van der Waals surface area contributed by atoms with E-state index in [-0.39, 0.29) is 22.6 Å². The highest BCUT2D eigenvalue weighted by Crippen LogP contribution is 2.28. The molecule has 1 aromatic heterocycles. The number of benzene rings is 1. The van der Waals surface area contributed by atoms with E-state index in [1.165, 1.54) is 4.31 Å². The van der Waals surface area contributed by atoms with Crippen LogP contribution in [0.4, 0.5) is 11.5 Å². The second-order valence-corrected chi connectivity index (χ2v) is 10.6. The van der Waals surface area contributed by atoms with E-state index in [0.29, 0.717) is 37.4 Å². The van der Waals surface area contributed by atoms with Crippen LogP contribution in [0.3, 0.4) is 0 Å². The zero-order chi connectivity index (χ0) is 23.6. The van der Waals surface area contributed by atoms with Crippen molar-refractivity contribution in [3.63, 3.8) is 0 Å². The second-order valence-electron chi connectivity index (χ2n) is 8.67. The number of pyridine rings is 1. The van der Waals surface area contributed by atoms with E-state index in [1.807, 2.05) is 11.8 Å². The fraction of sp³-hybridized carbons (Fsp3) is 0.435. The highest BCUT2D eigenvalue weighted by atomic mass is 32.2. The van der Waals surface area contributed by atoms with Crippen LogP contribution in [0.15, 0.2) is 47.5 Å². The maximum absolute atomic E-state index is 13.1. The van der Waals surface area contributed by atoms with E-state index >= 15 is 0 Å². The molecule has 3 heterocycles. The molecule has 0 bridgehead atoms. The van der Waals surface area contributed by atoms with Gasteiger partial charge in [0.25, 0.3) is 0 Å². The van der Waals surface area contributed by atoms with Crippen LogP contribution >= 0.6 is 0 Å². The summed E-state index contributed by atoms with van der Waals surface area (Å²) in [6.07, 6.45) is 4.28. The average molecular weight is 472 g/mol. The Labute approximate surface area is 194 Å². The highest BCUT2D eigenvalue weighted by molar-refractivity contribution is 7.89. The molecule has 0 saturated carbocycles. The molecule has 2 amide bonds. The number of nitrogens with one attached hydrogen (secondary N) is 1. The molecule has 2 aromatic rings. The third-order valence-corrected chi connectivity index (χ3v) is 8.22. The van der Waals surface area contributed by atoms with E-state index in [4.69, 9.17) is 5.73 Å². The number of amides is 2. The number of piperidine rings is 1. The quantitative estimate of drug-likeness (QED) is 0.663. The lowest BCUT2D eigenvalue weighted by Crippen LogP contribution is -2.43. The van der Waals surface area contributed by atoms with Gasteiger partial charge in [0, 0.05) is 19.6 Å². The van der Waals surface area contributed by atoms with Crippen LogP contribution in [0, 0.1) is 12.8 Å². The Bertz CT molecular complexity index is 1120. The molecule has 2 aliphatic rings. The Morgan fingerprint density at radius 1 is 1.06 bits per heavy atom. The van der Waals surface area contributed by atoms with Gasteiger partial charge >= 0.3 is 0 Å². The number of aryl methyl sites for hydroxylation is 1. The summed E-state index contributed by atoms with van der Waals surface area (Å²) in [7, 11) is -3.76. The first-order chi connectivity index (χ1) is 15.8. The van der Waals surface area contributed by atoms with Gasteiger partial charge in [-0.1, -0.05) is 17.7 Å². The van der Waals surface area contributed by atoms with Crippen LogP contribution in [0.5, 0.6) is 0 Å². The first kappa shape index (κ1) is 23.2. The van der Waals surface area contributed by atoms with Crippen molar-refractivity contribution in [2.75, 3.05) is 29.9 Å². The second kappa shape index (κ2) is 9.48. The Kier molecular flexibility index (Phi) is 6.66. The van der Waals surface area contributed by atoms with Gasteiger partial charge in [-0.05, 0) is 56.9 Å². The first-order valence-corrected chi connectivity index (χ1v) is 12.6. The molecule has 33 heavy (non-hydrogen) atoms. The maximum atomic E-state index is 13.1. The molecule has 1 unspecified atom stereocenters. The van der Waals surface area contributed by atoms with Gasteiger partial charge in [-0.3, -0.25) is 9.59 Å². The highest BCUT2D eigenvalue weighted by Gasteiger charge is 2.39. The molecule has 10 heteroatoms.